The van der Waals surface area contributed by atoms with Crippen LogP contribution < -0.4 is 0 Å². The third-order valence-electron chi connectivity index (χ3n) is 7.17. The first kappa shape index (κ1) is 29.0. The van der Waals surface area contributed by atoms with Crippen molar-refractivity contribution in [3.8, 4) is 6.07 Å². The minimum Gasteiger partial charge on any atom is -0.325 e. The standard InChI is InChI=1S/C26H23F8N3OS/c27-20-5-7-21(8-6-20)39-23(11-14-37(16-23)22(38)36-12-9-17(15-35)10-13-36)18-1-3-19(4-2-18)24(28,25(29,30)31)26(32,33)34/h1-8,17H,9-14,16H2/t23-/m0/s1. The van der Waals surface area contributed by atoms with Gasteiger partial charge in [-0.05, 0) is 49.1 Å². The van der Waals surface area contributed by atoms with Gasteiger partial charge in [-0.2, -0.15) is 31.6 Å². The van der Waals surface area contributed by atoms with Gasteiger partial charge in [0.1, 0.15) is 5.82 Å². The summed E-state index contributed by atoms with van der Waals surface area (Å²) in [4.78, 5) is 16.9. The molecule has 2 aromatic carbocycles. The molecule has 1 atom stereocenters. The summed E-state index contributed by atoms with van der Waals surface area (Å²) in [7, 11) is 0. The lowest BCUT2D eigenvalue weighted by Crippen LogP contribution is -2.50. The molecule has 2 aliphatic rings. The van der Waals surface area contributed by atoms with Crippen LogP contribution in [0.5, 0.6) is 0 Å². The number of hydrogen-bond acceptors (Lipinski definition) is 3. The normalized spacial score (nSPS) is 21.2. The van der Waals surface area contributed by atoms with Gasteiger partial charge in [0.15, 0.2) is 0 Å². The fraction of sp³-hybridized carbons (Fsp3) is 0.462. The maximum absolute atomic E-state index is 14.6. The number of benzene rings is 2. The molecule has 2 saturated heterocycles. The SMILES string of the molecule is N#CC1CCN(C(=O)N2CC[C@@](Sc3ccc(F)cc3)(c3ccc(C(F)(C(F)(F)F)C(F)(F)F)cc3)C2)CC1. The zero-order chi connectivity index (χ0) is 28.6. The second kappa shape index (κ2) is 10.5. The molecule has 4 rings (SSSR count). The number of amides is 2. The Balaban J connectivity index is 1.65. The number of nitrogens with zero attached hydrogens (tertiary/aromatic N) is 3. The molecule has 210 valence electrons. The third kappa shape index (κ3) is 5.53. The zero-order valence-electron chi connectivity index (χ0n) is 20.3. The van der Waals surface area contributed by atoms with E-state index in [4.69, 9.17) is 5.26 Å². The van der Waals surface area contributed by atoms with Crippen LogP contribution in [-0.4, -0.2) is 54.4 Å². The summed E-state index contributed by atoms with van der Waals surface area (Å²) < 4.78 is 107. The Labute approximate surface area is 223 Å². The topological polar surface area (TPSA) is 47.3 Å². The van der Waals surface area contributed by atoms with Gasteiger partial charge in [0.05, 0.1) is 10.8 Å². The number of carbonyl (C=O) groups is 1. The van der Waals surface area contributed by atoms with Gasteiger partial charge in [0, 0.05) is 42.6 Å². The van der Waals surface area contributed by atoms with Crippen LogP contribution in [0.25, 0.3) is 0 Å². The van der Waals surface area contributed by atoms with Gasteiger partial charge in [-0.15, -0.1) is 11.8 Å². The van der Waals surface area contributed by atoms with Crippen molar-refractivity contribution in [2.75, 3.05) is 26.2 Å². The third-order valence-corrected chi connectivity index (χ3v) is 8.63. The van der Waals surface area contributed by atoms with Crippen molar-refractivity contribution in [2.45, 2.75) is 46.9 Å². The molecule has 0 bridgehead atoms. The first-order chi connectivity index (χ1) is 18.2. The number of thioether (sulfide) groups is 1. The summed E-state index contributed by atoms with van der Waals surface area (Å²) in [6.07, 6.45) is -11.1. The van der Waals surface area contributed by atoms with Crippen molar-refractivity contribution in [2.24, 2.45) is 5.92 Å². The number of hydrogen-bond donors (Lipinski definition) is 0. The number of rotatable bonds is 4. The summed E-state index contributed by atoms with van der Waals surface area (Å²) in [5, 5.41) is 9.10. The van der Waals surface area contributed by atoms with Crippen LogP contribution in [0.1, 0.15) is 30.4 Å². The van der Waals surface area contributed by atoms with Crippen LogP contribution in [0.4, 0.5) is 39.9 Å². The molecular weight excluding hydrogens is 554 g/mol. The number of alkyl halides is 7. The van der Waals surface area contributed by atoms with Gasteiger partial charge in [0.2, 0.25) is 0 Å². The van der Waals surface area contributed by atoms with Crippen molar-refractivity contribution < 1.29 is 39.9 Å². The van der Waals surface area contributed by atoms with E-state index in [2.05, 4.69) is 6.07 Å². The van der Waals surface area contributed by atoms with Crippen molar-refractivity contribution in [1.29, 1.82) is 5.26 Å². The first-order valence-electron chi connectivity index (χ1n) is 12.0. The second-order valence-electron chi connectivity index (χ2n) is 9.63. The Morgan fingerprint density at radius 2 is 1.44 bits per heavy atom. The van der Waals surface area contributed by atoms with Gasteiger partial charge in [-0.1, -0.05) is 24.3 Å². The van der Waals surface area contributed by atoms with Crippen LogP contribution in [0.3, 0.4) is 0 Å². The molecule has 2 heterocycles. The molecule has 2 aromatic rings. The largest absolute Gasteiger partial charge is 0.435 e. The molecule has 39 heavy (non-hydrogen) atoms. The summed E-state index contributed by atoms with van der Waals surface area (Å²) in [6, 6.07) is 10.3. The van der Waals surface area contributed by atoms with E-state index in [1.807, 2.05) is 0 Å². The average molecular weight is 578 g/mol. The summed E-state index contributed by atoms with van der Waals surface area (Å²) >= 11 is 1.20. The Morgan fingerprint density at radius 1 is 0.872 bits per heavy atom. The predicted octanol–water partition coefficient (Wildman–Crippen LogP) is 7.16. The number of piperidine rings is 1. The molecular formula is C26H23F8N3OS. The number of urea groups is 1. The van der Waals surface area contributed by atoms with E-state index in [1.165, 1.54) is 36.0 Å². The highest BCUT2D eigenvalue weighted by Crippen LogP contribution is 2.54. The maximum Gasteiger partial charge on any atom is 0.435 e. The van der Waals surface area contributed by atoms with Gasteiger partial charge in [-0.3, -0.25) is 0 Å². The fourth-order valence-electron chi connectivity index (χ4n) is 4.94. The van der Waals surface area contributed by atoms with Crippen LogP contribution in [-0.2, 0) is 10.4 Å². The van der Waals surface area contributed by atoms with Gasteiger partial charge in [-0.25, -0.2) is 13.6 Å². The second-order valence-corrected chi connectivity index (χ2v) is 11.1. The monoisotopic (exact) mass is 577 g/mol. The molecule has 0 aromatic heterocycles. The molecule has 0 unspecified atom stereocenters. The minimum absolute atomic E-state index is 0.0602. The Kier molecular flexibility index (Phi) is 7.82. The van der Waals surface area contributed by atoms with E-state index in [-0.39, 0.29) is 31.5 Å². The smallest absolute Gasteiger partial charge is 0.325 e. The van der Waals surface area contributed by atoms with Crippen molar-refractivity contribution in [3.63, 3.8) is 0 Å². The molecule has 13 heteroatoms. The summed E-state index contributed by atoms with van der Waals surface area (Å²) in [5.74, 6) is -0.643. The predicted molar refractivity (Wildman–Crippen MR) is 127 cm³/mol. The average Bonchev–Trinajstić information content (AvgIpc) is 3.33. The molecule has 2 fully saturated rings. The Morgan fingerprint density at radius 3 is 1.95 bits per heavy atom. The first-order valence-corrected chi connectivity index (χ1v) is 12.8. The van der Waals surface area contributed by atoms with Crippen molar-refractivity contribution in [1.82, 2.24) is 9.80 Å². The molecule has 2 aliphatic heterocycles. The molecule has 4 nitrogen and oxygen atoms in total. The number of likely N-dealkylation sites (tertiary alicyclic amines) is 2. The van der Waals surface area contributed by atoms with E-state index < -0.39 is 34.1 Å². The molecule has 0 spiro atoms. The number of carbonyl (C=O) groups excluding carboxylic acids is 1. The highest BCUT2D eigenvalue weighted by Gasteiger charge is 2.73. The van der Waals surface area contributed by atoms with Crippen molar-refractivity contribution >= 4 is 17.8 Å². The van der Waals surface area contributed by atoms with Gasteiger partial charge < -0.3 is 9.80 Å². The van der Waals surface area contributed by atoms with Crippen LogP contribution in [0.2, 0.25) is 0 Å². The molecule has 0 saturated carbocycles. The van der Waals surface area contributed by atoms with E-state index >= 15 is 0 Å². The van der Waals surface area contributed by atoms with E-state index in [0.717, 1.165) is 12.1 Å². The van der Waals surface area contributed by atoms with Gasteiger partial charge >= 0.3 is 24.1 Å². The van der Waals surface area contributed by atoms with Gasteiger partial charge in [0.25, 0.3) is 0 Å². The number of halogens is 8. The van der Waals surface area contributed by atoms with E-state index in [1.54, 1.807) is 9.80 Å². The minimum atomic E-state index is -6.23. The molecule has 0 N–H and O–H groups in total. The maximum atomic E-state index is 14.6. The quantitative estimate of drug-likeness (QED) is 0.362. The van der Waals surface area contributed by atoms with Crippen LogP contribution in [0, 0.1) is 23.1 Å². The van der Waals surface area contributed by atoms with E-state index in [9.17, 15) is 39.9 Å². The highest BCUT2D eigenvalue weighted by molar-refractivity contribution is 8.00. The summed E-state index contributed by atoms with van der Waals surface area (Å²) in [6.45, 7) is 1.07. The lowest BCUT2D eigenvalue weighted by molar-refractivity contribution is -0.348. The highest BCUT2D eigenvalue weighted by atomic mass is 32.2. The van der Waals surface area contributed by atoms with Crippen molar-refractivity contribution in [3.05, 3.63) is 65.5 Å². The lowest BCUT2D eigenvalue weighted by Gasteiger charge is -2.34. The summed E-state index contributed by atoms with van der Waals surface area (Å²) in [5.41, 5.74) is -6.85. The van der Waals surface area contributed by atoms with E-state index in [0.29, 0.717) is 48.5 Å². The fourth-order valence-corrected chi connectivity index (χ4v) is 6.33. The lowest BCUT2D eigenvalue weighted by atomic mass is 9.90. The molecule has 2 amide bonds. The molecule has 0 aliphatic carbocycles. The van der Waals surface area contributed by atoms with Crippen LogP contribution in [0.15, 0.2) is 53.4 Å². The molecule has 0 radical (unpaired) electrons. The Bertz CT molecular complexity index is 1200. The zero-order valence-corrected chi connectivity index (χ0v) is 21.1. The van der Waals surface area contributed by atoms with Crippen LogP contribution >= 0.6 is 11.8 Å². The number of nitriles is 1. The Hall–Kier alpha value is -3.01.